The standard InChI is InChI=1S/C22H28N4O4/c1-21(2)11-22(3,4)16-14(21)8-15-12(9-23-25-15)17(16)24-18-13(20(29)30-5)10-26(6-7-27)19(18)28/h8-9,24,27H,6-7,10-11H2,1-5H3,(H,23,25). The Labute approximate surface area is 175 Å². The van der Waals surface area contributed by atoms with Crippen LogP contribution >= 0.6 is 0 Å². The second-order valence-corrected chi connectivity index (χ2v) is 9.37. The third-order valence-corrected chi connectivity index (χ3v) is 6.24. The number of aliphatic hydroxyl groups is 1. The molecule has 0 saturated heterocycles. The minimum Gasteiger partial charge on any atom is -0.466 e. The van der Waals surface area contributed by atoms with Gasteiger partial charge in [-0.15, -0.1) is 0 Å². The topological polar surface area (TPSA) is 108 Å². The van der Waals surface area contributed by atoms with E-state index in [9.17, 15) is 14.7 Å². The van der Waals surface area contributed by atoms with Crippen molar-refractivity contribution in [3.8, 4) is 0 Å². The van der Waals surface area contributed by atoms with Gasteiger partial charge in [-0.05, 0) is 34.4 Å². The zero-order chi connectivity index (χ0) is 21.8. The first-order valence-corrected chi connectivity index (χ1v) is 10.1. The fraction of sp³-hybridized carbons (Fsp3) is 0.500. The van der Waals surface area contributed by atoms with E-state index in [1.165, 1.54) is 17.6 Å². The smallest absolute Gasteiger partial charge is 0.337 e. The molecule has 8 heteroatoms. The Morgan fingerprint density at radius 3 is 2.73 bits per heavy atom. The lowest BCUT2D eigenvalue weighted by atomic mass is 9.81. The molecule has 0 spiro atoms. The van der Waals surface area contributed by atoms with Gasteiger partial charge in [-0.25, -0.2) is 4.79 Å². The van der Waals surface area contributed by atoms with Crippen molar-refractivity contribution < 1.29 is 19.4 Å². The van der Waals surface area contributed by atoms with Crippen molar-refractivity contribution in [3.05, 3.63) is 34.7 Å². The van der Waals surface area contributed by atoms with E-state index in [4.69, 9.17) is 4.74 Å². The molecule has 0 saturated carbocycles. The van der Waals surface area contributed by atoms with Crippen molar-refractivity contribution in [2.45, 2.75) is 44.9 Å². The number of benzene rings is 1. The van der Waals surface area contributed by atoms with E-state index in [2.05, 4.69) is 49.3 Å². The molecular weight excluding hydrogens is 384 g/mol. The van der Waals surface area contributed by atoms with E-state index >= 15 is 0 Å². The molecule has 1 aromatic carbocycles. The van der Waals surface area contributed by atoms with Crippen molar-refractivity contribution in [2.75, 3.05) is 32.1 Å². The van der Waals surface area contributed by atoms with E-state index in [1.807, 2.05) is 0 Å². The maximum Gasteiger partial charge on any atom is 0.337 e. The monoisotopic (exact) mass is 412 g/mol. The molecule has 1 aromatic heterocycles. The number of ether oxygens (including phenoxy) is 1. The number of aliphatic hydroxyl groups excluding tert-OH is 1. The molecule has 1 aliphatic carbocycles. The lowest BCUT2D eigenvalue weighted by Crippen LogP contribution is -2.31. The highest BCUT2D eigenvalue weighted by molar-refractivity contribution is 6.10. The number of nitrogens with one attached hydrogen (secondary N) is 2. The first-order valence-electron chi connectivity index (χ1n) is 10.1. The number of carbonyl (C=O) groups excluding carboxylic acids is 2. The molecule has 8 nitrogen and oxygen atoms in total. The maximum absolute atomic E-state index is 13.1. The first-order chi connectivity index (χ1) is 14.1. The number of β-amino-alcohol motifs (C(OH)–C–C–N with tert-alkyl or cyclic N) is 1. The van der Waals surface area contributed by atoms with Gasteiger partial charge in [0.15, 0.2) is 0 Å². The van der Waals surface area contributed by atoms with Crippen LogP contribution in [-0.4, -0.2) is 58.9 Å². The predicted molar refractivity (Wildman–Crippen MR) is 113 cm³/mol. The first kappa shape index (κ1) is 20.4. The summed E-state index contributed by atoms with van der Waals surface area (Å²) < 4.78 is 4.92. The summed E-state index contributed by atoms with van der Waals surface area (Å²) in [5, 5.41) is 20.7. The third kappa shape index (κ3) is 2.98. The number of carbonyl (C=O) groups is 2. The molecule has 3 N–H and O–H groups in total. The van der Waals surface area contributed by atoms with Crippen LogP contribution in [0.15, 0.2) is 23.5 Å². The van der Waals surface area contributed by atoms with Gasteiger partial charge in [-0.1, -0.05) is 27.7 Å². The number of hydrogen-bond donors (Lipinski definition) is 3. The predicted octanol–water partition coefficient (Wildman–Crippen LogP) is 2.20. The van der Waals surface area contributed by atoms with Gasteiger partial charge in [0.2, 0.25) is 0 Å². The molecule has 2 aromatic rings. The summed E-state index contributed by atoms with van der Waals surface area (Å²) in [7, 11) is 1.30. The molecule has 2 aliphatic rings. The molecule has 0 bridgehead atoms. The average molecular weight is 412 g/mol. The number of aromatic nitrogens is 2. The lowest BCUT2D eigenvalue weighted by molar-refractivity contribution is -0.136. The van der Waals surface area contributed by atoms with Crippen LogP contribution in [0.3, 0.4) is 0 Å². The maximum atomic E-state index is 13.1. The van der Waals surface area contributed by atoms with E-state index in [0.717, 1.165) is 28.6 Å². The minimum atomic E-state index is -0.554. The Bertz CT molecular complexity index is 1080. The zero-order valence-electron chi connectivity index (χ0n) is 18.0. The normalized spacial score (nSPS) is 19.5. The zero-order valence-corrected chi connectivity index (χ0v) is 18.0. The number of anilines is 1. The minimum absolute atomic E-state index is 0.0449. The van der Waals surface area contributed by atoms with Crippen LogP contribution in [0.1, 0.15) is 45.2 Å². The quantitative estimate of drug-likeness (QED) is 0.650. The Morgan fingerprint density at radius 1 is 1.33 bits per heavy atom. The Kier molecular flexibility index (Phi) is 4.65. The van der Waals surface area contributed by atoms with Crippen LogP contribution in [0.2, 0.25) is 0 Å². The summed E-state index contributed by atoms with van der Waals surface area (Å²) in [5.41, 5.74) is 4.28. The molecular formula is C22H28N4O4. The SMILES string of the molecule is COC(=O)C1=C(Nc2c3c(cc4[nH]ncc24)C(C)(C)CC3(C)C)C(=O)N(CCO)C1. The number of methoxy groups -OCH3 is 1. The summed E-state index contributed by atoms with van der Waals surface area (Å²) in [6, 6.07) is 2.14. The number of rotatable bonds is 5. The summed E-state index contributed by atoms with van der Waals surface area (Å²) in [6.45, 7) is 8.90. The molecule has 0 unspecified atom stereocenters. The largest absolute Gasteiger partial charge is 0.466 e. The van der Waals surface area contributed by atoms with Crippen molar-refractivity contribution in [2.24, 2.45) is 0 Å². The van der Waals surface area contributed by atoms with Crippen LogP contribution in [0.5, 0.6) is 0 Å². The summed E-state index contributed by atoms with van der Waals surface area (Å²) in [4.78, 5) is 26.9. The summed E-state index contributed by atoms with van der Waals surface area (Å²) in [6.07, 6.45) is 2.69. The second-order valence-electron chi connectivity index (χ2n) is 9.37. The van der Waals surface area contributed by atoms with E-state index < -0.39 is 5.97 Å². The van der Waals surface area contributed by atoms with Crippen LogP contribution in [0.25, 0.3) is 10.9 Å². The average Bonchev–Trinajstić information content (AvgIpc) is 3.30. The molecule has 0 radical (unpaired) electrons. The number of esters is 1. The third-order valence-electron chi connectivity index (χ3n) is 6.24. The molecule has 4 rings (SSSR count). The van der Waals surface area contributed by atoms with Gasteiger partial charge in [0, 0.05) is 11.9 Å². The molecule has 0 fully saturated rings. The lowest BCUT2D eigenvalue weighted by Gasteiger charge is -2.24. The van der Waals surface area contributed by atoms with Crippen LogP contribution in [-0.2, 0) is 25.2 Å². The highest BCUT2D eigenvalue weighted by Crippen LogP contribution is 2.54. The highest BCUT2D eigenvalue weighted by Gasteiger charge is 2.45. The second kappa shape index (κ2) is 6.84. The van der Waals surface area contributed by atoms with Gasteiger partial charge < -0.3 is 20.1 Å². The van der Waals surface area contributed by atoms with Gasteiger partial charge in [0.05, 0.1) is 43.2 Å². The molecule has 160 valence electrons. The van der Waals surface area contributed by atoms with Crippen LogP contribution in [0, 0.1) is 0 Å². The van der Waals surface area contributed by atoms with Crippen molar-refractivity contribution in [3.63, 3.8) is 0 Å². The number of hydrogen-bond acceptors (Lipinski definition) is 6. The van der Waals surface area contributed by atoms with Gasteiger partial charge in [-0.2, -0.15) is 5.10 Å². The van der Waals surface area contributed by atoms with Crippen molar-refractivity contribution in [1.29, 1.82) is 0 Å². The van der Waals surface area contributed by atoms with Gasteiger partial charge >= 0.3 is 5.97 Å². The Balaban J connectivity index is 1.91. The van der Waals surface area contributed by atoms with Gasteiger partial charge in [-0.3, -0.25) is 9.89 Å². The van der Waals surface area contributed by atoms with Gasteiger partial charge in [0.1, 0.15) is 5.70 Å². The van der Waals surface area contributed by atoms with Crippen molar-refractivity contribution in [1.82, 2.24) is 15.1 Å². The fourth-order valence-corrected chi connectivity index (χ4v) is 5.22. The fourth-order valence-electron chi connectivity index (χ4n) is 5.22. The number of fused-ring (bicyclic) bond motifs is 2. The molecule has 0 atom stereocenters. The molecule has 30 heavy (non-hydrogen) atoms. The Hall–Kier alpha value is -2.87. The van der Waals surface area contributed by atoms with E-state index in [0.29, 0.717) is 0 Å². The van der Waals surface area contributed by atoms with Gasteiger partial charge in [0.25, 0.3) is 5.91 Å². The number of amides is 1. The number of nitrogens with zero attached hydrogens (tertiary/aromatic N) is 2. The summed E-state index contributed by atoms with van der Waals surface area (Å²) >= 11 is 0. The molecule has 2 heterocycles. The van der Waals surface area contributed by atoms with Crippen LogP contribution < -0.4 is 5.32 Å². The number of aromatic amines is 1. The molecule has 1 amide bonds. The van der Waals surface area contributed by atoms with Crippen LogP contribution in [0.4, 0.5) is 5.69 Å². The van der Waals surface area contributed by atoms with E-state index in [-0.39, 0.29) is 47.7 Å². The summed E-state index contributed by atoms with van der Waals surface area (Å²) in [5.74, 6) is -0.879. The number of H-pyrrole nitrogens is 1. The molecule has 1 aliphatic heterocycles. The van der Waals surface area contributed by atoms with Crippen molar-refractivity contribution >= 4 is 28.5 Å². The van der Waals surface area contributed by atoms with E-state index in [1.54, 1.807) is 6.20 Å². The highest BCUT2D eigenvalue weighted by atomic mass is 16.5. The Morgan fingerprint density at radius 2 is 2.07 bits per heavy atom.